The molecule has 0 spiro atoms. The van der Waals surface area contributed by atoms with E-state index >= 15 is 0 Å². The van der Waals surface area contributed by atoms with E-state index in [0.717, 1.165) is 38.1 Å². The first-order chi connectivity index (χ1) is 10.1. The molecule has 1 atom stereocenters. The molecule has 0 aromatic carbocycles. The Morgan fingerprint density at radius 3 is 2.14 bits per heavy atom. The molecule has 3 nitrogen and oxygen atoms in total. The van der Waals surface area contributed by atoms with Crippen LogP contribution in [0.3, 0.4) is 0 Å². The Kier molecular flexibility index (Phi) is 8.84. The maximum Gasteiger partial charge on any atom is 0.0829 e. The van der Waals surface area contributed by atoms with Gasteiger partial charge in [0.15, 0.2) is 0 Å². The summed E-state index contributed by atoms with van der Waals surface area (Å²) in [5.74, 6) is 1.79. The molecule has 21 heavy (non-hydrogen) atoms. The molecule has 0 N–H and O–H groups in total. The Bertz CT molecular complexity index is 260. The van der Waals surface area contributed by atoms with Gasteiger partial charge >= 0.3 is 0 Å². The van der Waals surface area contributed by atoms with E-state index in [2.05, 4.69) is 37.5 Å². The summed E-state index contributed by atoms with van der Waals surface area (Å²) >= 11 is 0. The van der Waals surface area contributed by atoms with Gasteiger partial charge in [0.2, 0.25) is 0 Å². The molecule has 2 saturated heterocycles. The van der Waals surface area contributed by atoms with Crippen LogP contribution < -0.4 is 0 Å². The van der Waals surface area contributed by atoms with Crippen molar-refractivity contribution < 1.29 is 4.74 Å². The fraction of sp³-hybridized carbons (Fsp3) is 1.00. The van der Waals surface area contributed by atoms with Crippen molar-refractivity contribution in [2.75, 3.05) is 39.3 Å². The van der Waals surface area contributed by atoms with Crippen molar-refractivity contribution in [2.24, 2.45) is 11.8 Å². The van der Waals surface area contributed by atoms with E-state index in [9.17, 15) is 0 Å². The van der Waals surface area contributed by atoms with Crippen molar-refractivity contribution in [3.8, 4) is 0 Å². The lowest BCUT2D eigenvalue weighted by atomic mass is 9.86. The molecule has 0 amide bonds. The smallest absolute Gasteiger partial charge is 0.0829 e. The second-order valence-corrected chi connectivity index (χ2v) is 6.96. The number of ether oxygens (including phenoxy) is 1. The summed E-state index contributed by atoms with van der Waals surface area (Å²) in [5, 5.41) is 0. The third-order valence-corrected chi connectivity index (χ3v) is 4.94. The van der Waals surface area contributed by atoms with Crippen LogP contribution in [-0.2, 0) is 4.74 Å². The van der Waals surface area contributed by atoms with Gasteiger partial charge in [-0.15, -0.1) is 0 Å². The lowest BCUT2D eigenvalue weighted by molar-refractivity contribution is -0.0557. The Balaban J connectivity index is 0.00000106. The Hall–Kier alpha value is -0.120. The molecule has 0 aromatic heterocycles. The van der Waals surface area contributed by atoms with Gasteiger partial charge in [0, 0.05) is 25.7 Å². The molecule has 0 saturated carbocycles. The van der Waals surface area contributed by atoms with Crippen LogP contribution in [-0.4, -0.2) is 61.3 Å². The van der Waals surface area contributed by atoms with Crippen LogP contribution in [0.5, 0.6) is 0 Å². The Morgan fingerprint density at radius 1 is 1.00 bits per heavy atom. The summed E-state index contributed by atoms with van der Waals surface area (Å²) in [4.78, 5) is 5.17. The maximum atomic E-state index is 5.95. The van der Waals surface area contributed by atoms with Crippen LogP contribution in [0.25, 0.3) is 0 Å². The first-order valence-corrected chi connectivity index (χ1v) is 9.14. The summed E-state index contributed by atoms with van der Waals surface area (Å²) in [6.07, 6.45) is 3.17. The highest BCUT2D eigenvalue weighted by molar-refractivity contribution is 4.80. The number of hydrogen-bond acceptors (Lipinski definition) is 3. The van der Waals surface area contributed by atoms with Crippen molar-refractivity contribution in [1.29, 1.82) is 0 Å². The minimum absolute atomic E-state index is 0.423. The largest absolute Gasteiger partial charge is 0.374 e. The van der Waals surface area contributed by atoms with Crippen LogP contribution in [0.15, 0.2) is 0 Å². The van der Waals surface area contributed by atoms with Crippen LogP contribution in [0.4, 0.5) is 0 Å². The van der Waals surface area contributed by atoms with Gasteiger partial charge in [-0.2, -0.15) is 0 Å². The highest BCUT2D eigenvalue weighted by Gasteiger charge is 2.27. The molecule has 126 valence electrons. The quantitative estimate of drug-likeness (QED) is 0.790. The van der Waals surface area contributed by atoms with Gasteiger partial charge in [0.05, 0.1) is 12.7 Å². The van der Waals surface area contributed by atoms with Gasteiger partial charge in [-0.1, -0.05) is 27.7 Å². The fourth-order valence-electron chi connectivity index (χ4n) is 3.41. The zero-order valence-corrected chi connectivity index (χ0v) is 15.3. The van der Waals surface area contributed by atoms with Gasteiger partial charge in [-0.25, -0.2) is 0 Å². The van der Waals surface area contributed by atoms with E-state index in [4.69, 9.17) is 4.74 Å². The molecular weight excluding hydrogens is 260 g/mol. The standard InChI is InChI=1S/C16H32N2O.C2H6/c1-13(2)15-5-7-17(8-6-15)11-16-12-18(14(3)4)9-10-19-16;1-2/h13-16H,5-12H2,1-4H3;1-2H3. The van der Waals surface area contributed by atoms with Gasteiger partial charge in [0.25, 0.3) is 0 Å². The topological polar surface area (TPSA) is 15.7 Å². The summed E-state index contributed by atoms with van der Waals surface area (Å²) in [6, 6.07) is 0.651. The zero-order chi connectivity index (χ0) is 15.8. The number of likely N-dealkylation sites (tertiary alicyclic amines) is 1. The monoisotopic (exact) mass is 298 g/mol. The first kappa shape index (κ1) is 18.9. The van der Waals surface area contributed by atoms with Gasteiger partial charge in [-0.3, -0.25) is 4.90 Å². The van der Waals surface area contributed by atoms with Crippen LogP contribution in [0.1, 0.15) is 54.4 Å². The molecule has 2 aliphatic rings. The normalized spacial score (nSPS) is 26.0. The second kappa shape index (κ2) is 9.81. The van der Waals surface area contributed by atoms with Crippen LogP contribution >= 0.6 is 0 Å². The van der Waals surface area contributed by atoms with E-state index in [-0.39, 0.29) is 0 Å². The molecule has 0 aromatic rings. The van der Waals surface area contributed by atoms with E-state index in [1.165, 1.54) is 25.9 Å². The van der Waals surface area contributed by atoms with Crippen molar-refractivity contribution in [2.45, 2.75) is 66.5 Å². The third kappa shape index (κ3) is 6.25. The Morgan fingerprint density at radius 2 is 1.62 bits per heavy atom. The molecule has 2 aliphatic heterocycles. The predicted octanol–water partition coefficient (Wildman–Crippen LogP) is 3.49. The molecule has 2 heterocycles. The van der Waals surface area contributed by atoms with E-state index in [1.54, 1.807) is 0 Å². The molecular formula is C18H38N2O. The average Bonchev–Trinajstić information content (AvgIpc) is 2.50. The highest BCUT2D eigenvalue weighted by Crippen LogP contribution is 2.24. The third-order valence-electron chi connectivity index (χ3n) is 4.94. The number of piperidine rings is 1. The van der Waals surface area contributed by atoms with Crippen LogP contribution in [0, 0.1) is 11.8 Å². The van der Waals surface area contributed by atoms with E-state index < -0.39 is 0 Å². The zero-order valence-electron chi connectivity index (χ0n) is 15.3. The molecule has 1 unspecified atom stereocenters. The van der Waals surface area contributed by atoms with Gasteiger partial charge in [0.1, 0.15) is 0 Å². The SMILES string of the molecule is CC.CC(C)C1CCN(CC2CN(C(C)C)CCO2)CC1. The average molecular weight is 299 g/mol. The number of hydrogen-bond donors (Lipinski definition) is 0. The molecule has 3 heteroatoms. The fourth-order valence-corrected chi connectivity index (χ4v) is 3.41. The van der Waals surface area contributed by atoms with Crippen LogP contribution in [0.2, 0.25) is 0 Å². The molecule has 2 rings (SSSR count). The number of morpholine rings is 1. The predicted molar refractivity (Wildman–Crippen MR) is 91.8 cm³/mol. The van der Waals surface area contributed by atoms with Crippen molar-refractivity contribution >= 4 is 0 Å². The van der Waals surface area contributed by atoms with E-state index in [1.807, 2.05) is 13.8 Å². The van der Waals surface area contributed by atoms with Gasteiger partial charge in [-0.05, 0) is 51.6 Å². The summed E-state index contributed by atoms with van der Waals surface area (Å²) < 4.78 is 5.95. The minimum atomic E-state index is 0.423. The first-order valence-electron chi connectivity index (χ1n) is 9.14. The molecule has 0 aliphatic carbocycles. The van der Waals surface area contributed by atoms with E-state index in [0.29, 0.717) is 12.1 Å². The van der Waals surface area contributed by atoms with Crippen molar-refractivity contribution in [3.63, 3.8) is 0 Å². The number of rotatable bonds is 4. The maximum absolute atomic E-state index is 5.95. The molecule has 2 fully saturated rings. The Labute approximate surface area is 133 Å². The second-order valence-electron chi connectivity index (χ2n) is 6.96. The summed E-state index contributed by atoms with van der Waals surface area (Å²) in [5.41, 5.74) is 0. The van der Waals surface area contributed by atoms with Crippen molar-refractivity contribution in [3.05, 3.63) is 0 Å². The van der Waals surface area contributed by atoms with Crippen molar-refractivity contribution in [1.82, 2.24) is 9.80 Å². The molecule has 0 radical (unpaired) electrons. The summed E-state index contributed by atoms with van der Waals surface area (Å²) in [6.45, 7) is 20.1. The lowest BCUT2D eigenvalue weighted by Gasteiger charge is -2.40. The summed E-state index contributed by atoms with van der Waals surface area (Å²) in [7, 11) is 0. The lowest BCUT2D eigenvalue weighted by Crippen LogP contribution is -2.50. The van der Waals surface area contributed by atoms with Gasteiger partial charge < -0.3 is 9.64 Å². The number of nitrogens with zero attached hydrogens (tertiary/aromatic N) is 2. The minimum Gasteiger partial charge on any atom is -0.374 e. The molecule has 0 bridgehead atoms. The highest BCUT2D eigenvalue weighted by atomic mass is 16.5.